The van der Waals surface area contributed by atoms with E-state index in [-0.39, 0.29) is 18.5 Å². The third-order valence-corrected chi connectivity index (χ3v) is 9.25. The zero-order valence-corrected chi connectivity index (χ0v) is 20.4. The minimum atomic E-state index is -3.50. The molecule has 2 aliphatic heterocycles. The Kier molecular flexibility index (Phi) is 6.95. The van der Waals surface area contributed by atoms with E-state index in [0.29, 0.717) is 25.3 Å². The molecule has 8 heteroatoms. The number of anilines is 1. The smallest absolute Gasteiger partial charge is 0.221 e. The standard InChI is InChI=1S/C25H33N3O4S/c1-19-9-12-25(21-7-5-4-6-8-21)33(30,31)28(19)18-22-10-11-23(17-24(22)32-3)27-15-13-26(14-16-27)20(2)29/h4-8,10-11,17,19,25H,9,12-16,18H2,1-3H3/t19-,25?/m0/s1. The van der Waals surface area contributed by atoms with Crippen LogP contribution in [0.5, 0.6) is 5.75 Å². The molecule has 1 amide bonds. The van der Waals surface area contributed by atoms with Crippen molar-refractivity contribution in [1.82, 2.24) is 9.21 Å². The number of carbonyl (C=O) groups excluding carboxylic acids is 1. The average molecular weight is 472 g/mol. The van der Waals surface area contributed by atoms with Crippen LogP contribution in [0.15, 0.2) is 48.5 Å². The molecule has 2 fully saturated rings. The average Bonchev–Trinajstić information content (AvgIpc) is 2.82. The summed E-state index contributed by atoms with van der Waals surface area (Å²) in [6, 6.07) is 15.4. The van der Waals surface area contributed by atoms with Gasteiger partial charge in [-0.25, -0.2) is 8.42 Å². The predicted molar refractivity (Wildman–Crippen MR) is 130 cm³/mol. The predicted octanol–water partition coefficient (Wildman–Crippen LogP) is 3.42. The third-order valence-electron chi connectivity index (χ3n) is 6.88. The largest absolute Gasteiger partial charge is 0.496 e. The first kappa shape index (κ1) is 23.6. The van der Waals surface area contributed by atoms with Crippen LogP contribution < -0.4 is 9.64 Å². The number of ether oxygens (including phenoxy) is 1. The summed E-state index contributed by atoms with van der Waals surface area (Å²) in [6.07, 6.45) is 1.45. The van der Waals surface area contributed by atoms with Gasteiger partial charge in [0.15, 0.2) is 0 Å². The molecule has 0 aromatic heterocycles. The van der Waals surface area contributed by atoms with E-state index in [2.05, 4.69) is 4.90 Å². The molecule has 2 aliphatic rings. The van der Waals surface area contributed by atoms with Crippen molar-refractivity contribution in [3.63, 3.8) is 0 Å². The van der Waals surface area contributed by atoms with Crippen molar-refractivity contribution in [3.05, 3.63) is 59.7 Å². The molecule has 178 valence electrons. The highest BCUT2D eigenvalue weighted by molar-refractivity contribution is 7.89. The number of nitrogens with zero attached hydrogens (tertiary/aromatic N) is 3. The maximum atomic E-state index is 13.6. The van der Waals surface area contributed by atoms with Gasteiger partial charge in [-0.15, -0.1) is 0 Å². The Bertz CT molecular complexity index is 1080. The molecule has 33 heavy (non-hydrogen) atoms. The molecule has 2 heterocycles. The molecule has 2 saturated heterocycles. The lowest BCUT2D eigenvalue weighted by atomic mass is 10.0. The maximum absolute atomic E-state index is 13.6. The number of methoxy groups -OCH3 is 1. The van der Waals surface area contributed by atoms with Gasteiger partial charge in [0.2, 0.25) is 15.9 Å². The van der Waals surface area contributed by atoms with Gasteiger partial charge >= 0.3 is 0 Å². The number of carbonyl (C=O) groups is 1. The highest BCUT2D eigenvalue weighted by atomic mass is 32.2. The number of benzene rings is 2. The molecule has 2 aromatic carbocycles. The second-order valence-corrected chi connectivity index (χ2v) is 11.0. The Morgan fingerprint density at radius 1 is 1.03 bits per heavy atom. The molecular weight excluding hydrogens is 438 g/mol. The van der Waals surface area contributed by atoms with Crippen LogP contribution in [0.2, 0.25) is 0 Å². The molecular formula is C25H33N3O4S. The monoisotopic (exact) mass is 471 g/mol. The van der Waals surface area contributed by atoms with Crippen LogP contribution in [-0.2, 0) is 21.4 Å². The minimum Gasteiger partial charge on any atom is -0.496 e. The van der Waals surface area contributed by atoms with Gasteiger partial charge in [0.1, 0.15) is 11.0 Å². The first-order valence-corrected chi connectivity index (χ1v) is 13.0. The molecule has 0 aliphatic carbocycles. The Balaban J connectivity index is 1.54. The summed E-state index contributed by atoms with van der Waals surface area (Å²) in [4.78, 5) is 15.7. The fraction of sp³-hybridized carbons (Fsp3) is 0.480. The summed E-state index contributed by atoms with van der Waals surface area (Å²) in [7, 11) is -1.88. The molecule has 4 rings (SSSR count). The van der Waals surface area contributed by atoms with Crippen molar-refractivity contribution < 1.29 is 17.9 Å². The van der Waals surface area contributed by atoms with E-state index in [1.807, 2.05) is 60.4 Å². The van der Waals surface area contributed by atoms with Gasteiger partial charge in [0.25, 0.3) is 0 Å². The molecule has 0 saturated carbocycles. The van der Waals surface area contributed by atoms with Crippen LogP contribution >= 0.6 is 0 Å². The topological polar surface area (TPSA) is 70.2 Å². The van der Waals surface area contributed by atoms with Crippen LogP contribution in [0.1, 0.15) is 43.1 Å². The van der Waals surface area contributed by atoms with Crippen molar-refractivity contribution in [2.24, 2.45) is 0 Å². The quantitative estimate of drug-likeness (QED) is 0.668. The van der Waals surface area contributed by atoms with Gasteiger partial charge in [0, 0.05) is 63.0 Å². The summed E-state index contributed by atoms with van der Waals surface area (Å²) in [5.74, 6) is 0.791. The Morgan fingerprint density at radius 3 is 2.36 bits per heavy atom. The fourth-order valence-electron chi connectivity index (χ4n) is 4.86. The summed E-state index contributed by atoms with van der Waals surface area (Å²) in [5.41, 5.74) is 2.73. The number of amides is 1. The van der Waals surface area contributed by atoms with Crippen LogP contribution in [0.4, 0.5) is 5.69 Å². The summed E-state index contributed by atoms with van der Waals surface area (Å²) in [6.45, 7) is 6.79. The maximum Gasteiger partial charge on any atom is 0.221 e. The Morgan fingerprint density at radius 2 is 1.73 bits per heavy atom. The summed E-state index contributed by atoms with van der Waals surface area (Å²) < 4.78 is 34.5. The summed E-state index contributed by atoms with van der Waals surface area (Å²) in [5, 5.41) is -0.516. The molecule has 0 N–H and O–H groups in total. The lowest BCUT2D eigenvalue weighted by Crippen LogP contribution is -2.48. The molecule has 0 radical (unpaired) electrons. The highest BCUT2D eigenvalue weighted by Gasteiger charge is 2.40. The van der Waals surface area contributed by atoms with Gasteiger partial charge in [-0.05, 0) is 31.4 Å². The van der Waals surface area contributed by atoms with Crippen molar-refractivity contribution in [2.45, 2.75) is 44.5 Å². The van der Waals surface area contributed by atoms with Gasteiger partial charge in [-0.2, -0.15) is 4.31 Å². The molecule has 7 nitrogen and oxygen atoms in total. The van der Waals surface area contributed by atoms with E-state index in [0.717, 1.165) is 36.3 Å². The first-order chi connectivity index (χ1) is 15.8. The van der Waals surface area contributed by atoms with Gasteiger partial charge in [0.05, 0.1) is 7.11 Å². The molecule has 1 unspecified atom stereocenters. The number of hydrogen-bond donors (Lipinski definition) is 0. The zero-order valence-electron chi connectivity index (χ0n) is 19.6. The van der Waals surface area contributed by atoms with E-state index in [1.54, 1.807) is 18.3 Å². The van der Waals surface area contributed by atoms with Crippen LogP contribution in [0.3, 0.4) is 0 Å². The third kappa shape index (κ3) is 4.87. The molecule has 2 aromatic rings. The van der Waals surface area contributed by atoms with Crippen molar-refractivity contribution >= 4 is 21.6 Å². The fourth-order valence-corrected chi connectivity index (χ4v) is 7.05. The lowest BCUT2D eigenvalue weighted by Gasteiger charge is -2.38. The lowest BCUT2D eigenvalue weighted by molar-refractivity contribution is -0.129. The number of piperazine rings is 1. The van der Waals surface area contributed by atoms with Crippen molar-refractivity contribution in [1.29, 1.82) is 0 Å². The van der Waals surface area contributed by atoms with Gasteiger partial charge < -0.3 is 14.5 Å². The van der Waals surface area contributed by atoms with Crippen molar-refractivity contribution in [2.75, 3.05) is 38.2 Å². The normalized spacial score (nSPS) is 23.4. The van der Waals surface area contributed by atoms with E-state index < -0.39 is 15.3 Å². The van der Waals surface area contributed by atoms with Crippen LogP contribution in [-0.4, -0.2) is 62.9 Å². The van der Waals surface area contributed by atoms with E-state index >= 15 is 0 Å². The van der Waals surface area contributed by atoms with Gasteiger partial charge in [-0.1, -0.05) is 36.4 Å². The number of rotatable bonds is 5. The van der Waals surface area contributed by atoms with Crippen molar-refractivity contribution in [3.8, 4) is 5.75 Å². The Labute approximate surface area is 197 Å². The minimum absolute atomic E-state index is 0.0704. The first-order valence-electron chi connectivity index (χ1n) is 11.5. The van der Waals surface area contributed by atoms with Crippen LogP contribution in [0, 0.1) is 0 Å². The number of hydrogen-bond acceptors (Lipinski definition) is 5. The number of sulfonamides is 1. The zero-order chi connectivity index (χ0) is 23.6. The second-order valence-electron chi connectivity index (χ2n) is 8.91. The van der Waals surface area contributed by atoms with Crippen LogP contribution in [0.25, 0.3) is 0 Å². The molecule has 2 atom stereocenters. The van der Waals surface area contributed by atoms with E-state index in [4.69, 9.17) is 4.74 Å². The Hall–Kier alpha value is -2.58. The van der Waals surface area contributed by atoms with E-state index in [1.165, 1.54) is 0 Å². The highest BCUT2D eigenvalue weighted by Crippen LogP contribution is 2.39. The van der Waals surface area contributed by atoms with Gasteiger partial charge in [-0.3, -0.25) is 4.79 Å². The molecule has 0 spiro atoms. The van der Waals surface area contributed by atoms with E-state index in [9.17, 15) is 13.2 Å². The molecule has 0 bridgehead atoms. The summed E-state index contributed by atoms with van der Waals surface area (Å²) >= 11 is 0. The SMILES string of the molecule is COc1cc(N2CCN(C(C)=O)CC2)ccc1CN1[C@@H](C)CCC(c2ccccc2)S1(=O)=O. The second kappa shape index (κ2) is 9.73.